The molecule has 4 heterocycles. The molecule has 3 aromatic rings. The van der Waals surface area contributed by atoms with Crippen LogP contribution in [0.5, 0.6) is 0 Å². The lowest BCUT2D eigenvalue weighted by molar-refractivity contribution is 0.0786. The maximum absolute atomic E-state index is 12.8. The van der Waals surface area contributed by atoms with E-state index in [9.17, 15) is 4.79 Å². The highest BCUT2D eigenvalue weighted by atomic mass is 32.1. The van der Waals surface area contributed by atoms with E-state index in [0.717, 1.165) is 35.9 Å². The Morgan fingerprint density at radius 3 is 2.87 bits per heavy atom. The van der Waals surface area contributed by atoms with Crippen LogP contribution in [0.2, 0.25) is 0 Å². The molecule has 3 aliphatic rings. The van der Waals surface area contributed by atoms with Gasteiger partial charge in [0.05, 0.1) is 5.39 Å². The van der Waals surface area contributed by atoms with Crippen LogP contribution in [0.25, 0.3) is 10.2 Å². The topological polar surface area (TPSA) is 71.0 Å². The van der Waals surface area contributed by atoms with Gasteiger partial charge in [-0.1, -0.05) is 6.07 Å². The molecule has 1 aliphatic heterocycles. The number of hydrogen-bond donors (Lipinski definition) is 1. The van der Waals surface area contributed by atoms with Gasteiger partial charge in [0.2, 0.25) is 0 Å². The lowest BCUT2D eigenvalue weighted by Crippen LogP contribution is -2.32. The predicted octanol–water partition coefficient (Wildman–Crippen LogP) is 4.17. The lowest BCUT2D eigenvalue weighted by atomic mass is 9.97. The average molecular weight is 420 g/mol. The summed E-state index contributed by atoms with van der Waals surface area (Å²) in [5, 5.41) is 4.96. The van der Waals surface area contributed by atoms with E-state index < -0.39 is 0 Å². The molecule has 30 heavy (non-hydrogen) atoms. The zero-order valence-corrected chi connectivity index (χ0v) is 17.7. The monoisotopic (exact) mass is 419 g/mol. The molecule has 1 unspecified atom stereocenters. The Morgan fingerprint density at radius 1 is 1.13 bits per heavy atom. The second-order valence-electron chi connectivity index (χ2n) is 8.69. The number of thiophene rings is 1. The molecule has 1 amide bonds. The zero-order valence-electron chi connectivity index (χ0n) is 16.9. The van der Waals surface area contributed by atoms with Crippen molar-refractivity contribution in [1.29, 1.82) is 0 Å². The number of aryl methyl sites for hydroxylation is 2. The van der Waals surface area contributed by atoms with E-state index in [1.165, 1.54) is 47.9 Å². The summed E-state index contributed by atoms with van der Waals surface area (Å²) >= 11 is 1.87. The van der Waals surface area contributed by atoms with E-state index in [4.69, 9.17) is 9.97 Å². The first kappa shape index (κ1) is 18.2. The van der Waals surface area contributed by atoms with Gasteiger partial charge in [-0.2, -0.15) is 0 Å². The van der Waals surface area contributed by atoms with Gasteiger partial charge in [0.25, 0.3) is 5.91 Å². The van der Waals surface area contributed by atoms with Crippen molar-refractivity contribution in [2.45, 2.75) is 56.9 Å². The third-order valence-corrected chi connectivity index (χ3v) is 7.66. The third-order valence-electron chi connectivity index (χ3n) is 6.47. The van der Waals surface area contributed by atoms with Crippen molar-refractivity contribution in [2.24, 2.45) is 0 Å². The molecular formula is C23H25N5OS. The summed E-state index contributed by atoms with van der Waals surface area (Å²) in [6, 6.07) is 5.70. The summed E-state index contributed by atoms with van der Waals surface area (Å²) in [5.74, 6) is 2.54. The summed E-state index contributed by atoms with van der Waals surface area (Å²) in [5.41, 5.74) is 1.98. The first-order valence-electron chi connectivity index (χ1n) is 11.1. The first-order valence-corrected chi connectivity index (χ1v) is 11.9. The fraction of sp³-hybridized carbons (Fsp3) is 0.478. The molecule has 6 rings (SSSR count). The number of likely N-dealkylation sites (tertiary alicyclic amines) is 1. The first-order chi connectivity index (χ1) is 14.8. The van der Waals surface area contributed by atoms with E-state index in [2.05, 4.69) is 10.3 Å². The van der Waals surface area contributed by atoms with Crippen LogP contribution in [-0.4, -0.2) is 44.9 Å². The number of fused-ring (bicyclic) bond motifs is 3. The molecular weight excluding hydrogens is 394 g/mol. The molecule has 0 bridgehead atoms. The van der Waals surface area contributed by atoms with E-state index in [1.54, 1.807) is 12.3 Å². The van der Waals surface area contributed by atoms with Gasteiger partial charge in [-0.3, -0.25) is 9.78 Å². The van der Waals surface area contributed by atoms with Gasteiger partial charge in [-0.05, 0) is 62.6 Å². The number of carbonyl (C=O) groups is 1. The van der Waals surface area contributed by atoms with Gasteiger partial charge in [-0.15, -0.1) is 11.3 Å². The van der Waals surface area contributed by atoms with Crippen LogP contribution in [0.15, 0.2) is 24.4 Å². The average Bonchev–Trinajstić information content (AvgIpc) is 3.42. The third kappa shape index (κ3) is 3.25. The molecule has 0 spiro atoms. The standard InChI is InChI=1S/C23H25N5OS/c29-23(17-6-3-4-11-24-17)28-12-10-15(13-28)25-21-19-16-5-1-2-7-18(16)30-22(19)27-20(26-21)14-8-9-14/h3-4,6,11,14-15H,1-2,5,7-10,12-13H2,(H,25,26,27). The van der Waals surface area contributed by atoms with Crippen molar-refractivity contribution in [3.05, 3.63) is 46.4 Å². The molecule has 1 saturated heterocycles. The van der Waals surface area contributed by atoms with Gasteiger partial charge in [0, 0.05) is 36.1 Å². The summed E-state index contributed by atoms with van der Waals surface area (Å²) in [7, 11) is 0. The van der Waals surface area contributed by atoms with E-state index >= 15 is 0 Å². The SMILES string of the molecule is O=C(c1ccccn1)N1CCC(Nc2nc(C3CC3)nc3sc4c(c23)CCCC4)C1. The maximum atomic E-state index is 12.8. The van der Waals surface area contributed by atoms with Crippen molar-refractivity contribution in [2.75, 3.05) is 18.4 Å². The Hall–Kier alpha value is -2.54. The molecule has 1 saturated carbocycles. The van der Waals surface area contributed by atoms with Crippen LogP contribution in [0.1, 0.15) is 64.8 Å². The molecule has 6 nitrogen and oxygen atoms in total. The highest BCUT2D eigenvalue weighted by Gasteiger charge is 2.32. The quantitative estimate of drug-likeness (QED) is 0.687. The Kier molecular flexibility index (Phi) is 4.44. The second kappa shape index (κ2) is 7.30. The number of nitrogens with one attached hydrogen (secondary N) is 1. The summed E-state index contributed by atoms with van der Waals surface area (Å²) < 4.78 is 0. The summed E-state index contributed by atoms with van der Waals surface area (Å²) in [6.45, 7) is 1.44. The molecule has 1 atom stereocenters. The van der Waals surface area contributed by atoms with Crippen molar-refractivity contribution in [3.63, 3.8) is 0 Å². The Morgan fingerprint density at radius 2 is 2.03 bits per heavy atom. The second-order valence-corrected chi connectivity index (χ2v) is 9.78. The Labute approximate surface area is 179 Å². The van der Waals surface area contributed by atoms with Gasteiger partial charge in [0.1, 0.15) is 22.2 Å². The van der Waals surface area contributed by atoms with Crippen LogP contribution < -0.4 is 5.32 Å². The lowest BCUT2D eigenvalue weighted by Gasteiger charge is -2.18. The predicted molar refractivity (Wildman–Crippen MR) is 118 cm³/mol. The van der Waals surface area contributed by atoms with Gasteiger partial charge < -0.3 is 10.2 Å². The minimum atomic E-state index is 0.0133. The molecule has 0 radical (unpaired) electrons. The minimum absolute atomic E-state index is 0.0133. The number of anilines is 1. The molecule has 2 fully saturated rings. The number of pyridine rings is 1. The number of nitrogens with zero attached hydrogens (tertiary/aromatic N) is 4. The van der Waals surface area contributed by atoms with Crippen LogP contribution in [-0.2, 0) is 12.8 Å². The maximum Gasteiger partial charge on any atom is 0.272 e. The summed E-state index contributed by atoms with van der Waals surface area (Å²) in [6.07, 6.45) is 9.83. The van der Waals surface area contributed by atoms with E-state index in [-0.39, 0.29) is 11.9 Å². The van der Waals surface area contributed by atoms with Gasteiger partial charge >= 0.3 is 0 Å². The number of aromatic nitrogens is 3. The number of hydrogen-bond acceptors (Lipinski definition) is 6. The van der Waals surface area contributed by atoms with Crippen LogP contribution >= 0.6 is 11.3 Å². The highest BCUT2D eigenvalue weighted by Crippen LogP contribution is 2.43. The van der Waals surface area contributed by atoms with Crippen molar-refractivity contribution < 1.29 is 4.79 Å². The van der Waals surface area contributed by atoms with Gasteiger partial charge in [0.15, 0.2) is 0 Å². The number of amides is 1. The normalized spacial score (nSPS) is 21.1. The van der Waals surface area contributed by atoms with Gasteiger partial charge in [-0.25, -0.2) is 9.97 Å². The van der Waals surface area contributed by atoms with Crippen molar-refractivity contribution in [3.8, 4) is 0 Å². The van der Waals surface area contributed by atoms with Crippen molar-refractivity contribution in [1.82, 2.24) is 19.9 Å². The Bertz CT molecular complexity index is 1110. The van der Waals surface area contributed by atoms with Crippen LogP contribution in [0.4, 0.5) is 5.82 Å². The Balaban J connectivity index is 1.28. The van der Waals surface area contributed by atoms with E-state index in [0.29, 0.717) is 18.2 Å². The molecule has 0 aromatic carbocycles. The fourth-order valence-corrected chi connectivity index (χ4v) is 5.98. The number of rotatable bonds is 4. The molecule has 2 aliphatic carbocycles. The zero-order chi connectivity index (χ0) is 20.1. The van der Waals surface area contributed by atoms with E-state index in [1.807, 2.05) is 28.4 Å². The molecule has 7 heteroatoms. The number of carbonyl (C=O) groups excluding carboxylic acids is 1. The fourth-order valence-electron chi connectivity index (χ4n) is 4.71. The highest BCUT2D eigenvalue weighted by molar-refractivity contribution is 7.19. The molecule has 1 N–H and O–H groups in total. The molecule has 154 valence electrons. The smallest absolute Gasteiger partial charge is 0.272 e. The van der Waals surface area contributed by atoms with Crippen LogP contribution in [0, 0.1) is 0 Å². The summed E-state index contributed by atoms with van der Waals surface area (Å²) in [4.78, 5) is 31.5. The largest absolute Gasteiger partial charge is 0.365 e. The van der Waals surface area contributed by atoms with Crippen LogP contribution in [0.3, 0.4) is 0 Å². The molecule has 3 aromatic heterocycles. The van der Waals surface area contributed by atoms with Crippen molar-refractivity contribution >= 4 is 33.3 Å². The minimum Gasteiger partial charge on any atom is -0.365 e.